The molecule has 0 spiro atoms. The summed E-state index contributed by atoms with van der Waals surface area (Å²) in [4.78, 5) is 35.5. The molecule has 9 nitrogen and oxygen atoms in total. The Hall–Kier alpha value is -4.74. The molecule has 42 heavy (non-hydrogen) atoms. The fourth-order valence-corrected chi connectivity index (χ4v) is 4.75. The van der Waals surface area contributed by atoms with Crippen LogP contribution >= 0.6 is 0 Å². The van der Waals surface area contributed by atoms with Crippen molar-refractivity contribution < 1.29 is 22.8 Å². The lowest BCUT2D eigenvalue weighted by Crippen LogP contribution is -2.35. The second kappa shape index (κ2) is 12.0. The maximum absolute atomic E-state index is 12.8. The maximum Gasteiger partial charge on any atom is 0.389 e. The molecule has 4 aromatic rings. The number of halogens is 3. The Morgan fingerprint density at radius 3 is 2.52 bits per heavy atom. The number of pyridine rings is 2. The van der Waals surface area contributed by atoms with E-state index in [2.05, 4.69) is 25.7 Å². The zero-order valence-electron chi connectivity index (χ0n) is 23.2. The molecule has 218 valence electrons. The Morgan fingerprint density at radius 2 is 1.83 bits per heavy atom. The summed E-state index contributed by atoms with van der Waals surface area (Å²) in [5, 5.41) is 10.6. The van der Waals surface area contributed by atoms with Crippen molar-refractivity contribution >= 4 is 34.7 Å². The van der Waals surface area contributed by atoms with Crippen molar-refractivity contribution in [3.05, 3.63) is 89.4 Å². The van der Waals surface area contributed by atoms with Crippen LogP contribution in [0.5, 0.6) is 0 Å². The molecule has 0 bridgehead atoms. The summed E-state index contributed by atoms with van der Waals surface area (Å²) in [7, 11) is 0. The Morgan fingerprint density at radius 1 is 1.05 bits per heavy atom. The normalized spacial score (nSPS) is 14.4. The molecule has 0 saturated carbocycles. The number of aryl methyl sites for hydroxylation is 1. The van der Waals surface area contributed by atoms with Gasteiger partial charge in [-0.3, -0.25) is 14.6 Å². The van der Waals surface area contributed by atoms with Crippen molar-refractivity contribution in [3.63, 3.8) is 0 Å². The molecular weight excluding hydrogens is 547 g/mol. The van der Waals surface area contributed by atoms with Gasteiger partial charge < -0.3 is 15.5 Å². The monoisotopic (exact) mass is 577 g/mol. The number of carbonyl (C=O) groups excluding carboxylic acids is 2. The number of anilines is 2. The van der Waals surface area contributed by atoms with Crippen molar-refractivity contribution in [1.82, 2.24) is 29.8 Å². The van der Waals surface area contributed by atoms with Gasteiger partial charge in [0.05, 0.1) is 18.2 Å². The Kier molecular flexibility index (Phi) is 8.23. The molecule has 1 aromatic carbocycles. The number of hydrogen-bond donors (Lipinski definition) is 2. The van der Waals surface area contributed by atoms with Crippen LogP contribution in [0.1, 0.15) is 59.5 Å². The van der Waals surface area contributed by atoms with E-state index in [1.807, 2.05) is 50.3 Å². The van der Waals surface area contributed by atoms with E-state index in [9.17, 15) is 22.8 Å². The number of nitrogens with one attached hydrogen (secondary N) is 2. The molecule has 5 rings (SSSR count). The lowest BCUT2D eigenvalue weighted by Gasteiger charge is -2.27. The molecule has 1 atom stereocenters. The highest BCUT2D eigenvalue weighted by molar-refractivity contribution is 5.94. The van der Waals surface area contributed by atoms with E-state index >= 15 is 0 Å². The van der Waals surface area contributed by atoms with E-state index < -0.39 is 24.9 Å². The molecule has 0 fully saturated rings. The summed E-state index contributed by atoms with van der Waals surface area (Å²) in [5.74, 6) is -0.357. The highest BCUT2D eigenvalue weighted by atomic mass is 19.4. The zero-order valence-corrected chi connectivity index (χ0v) is 23.2. The number of fused-ring (bicyclic) bond motifs is 1. The predicted octanol–water partition coefficient (Wildman–Crippen LogP) is 5.63. The predicted molar refractivity (Wildman–Crippen MR) is 152 cm³/mol. The van der Waals surface area contributed by atoms with Crippen LogP contribution < -0.4 is 10.6 Å². The van der Waals surface area contributed by atoms with Gasteiger partial charge in [-0.05, 0) is 74.4 Å². The summed E-state index contributed by atoms with van der Waals surface area (Å²) < 4.78 is 39.1. The van der Waals surface area contributed by atoms with E-state index in [1.54, 1.807) is 35.0 Å². The first-order valence-corrected chi connectivity index (χ1v) is 13.6. The van der Waals surface area contributed by atoms with Gasteiger partial charge in [0.2, 0.25) is 11.9 Å². The summed E-state index contributed by atoms with van der Waals surface area (Å²) in [5.41, 5.74) is 5.26. The Balaban J connectivity index is 1.23. The van der Waals surface area contributed by atoms with Crippen LogP contribution in [0, 0.1) is 6.92 Å². The lowest BCUT2D eigenvalue weighted by molar-refractivity contribution is -0.148. The quantitative estimate of drug-likeness (QED) is 0.282. The molecule has 1 aliphatic heterocycles. The van der Waals surface area contributed by atoms with Gasteiger partial charge in [-0.1, -0.05) is 12.1 Å². The third-order valence-electron chi connectivity index (χ3n) is 7.00. The van der Waals surface area contributed by atoms with Gasteiger partial charge in [-0.15, -0.1) is 5.10 Å². The largest absolute Gasteiger partial charge is 0.389 e. The molecule has 0 radical (unpaired) electrons. The minimum absolute atomic E-state index is 0.214. The molecule has 0 aliphatic carbocycles. The van der Waals surface area contributed by atoms with E-state index in [4.69, 9.17) is 0 Å². The smallest absolute Gasteiger partial charge is 0.344 e. The average Bonchev–Trinajstić information content (AvgIpc) is 3.38. The molecule has 1 aliphatic rings. The Bertz CT molecular complexity index is 1630. The number of benzene rings is 1. The van der Waals surface area contributed by atoms with Gasteiger partial charge >= 0.3 is 6.18 Å². The zero-order chi connectivity index (χ0) is 29.9. The van der Waals surface area contributed by atoms with Crippen molar-refractivity contribution in [3.8, 4) is 0 Å². The number of hydrogen-bond acceptors (Lipinski definition) is 6. The minimum atomic E-state index is -4.35. The number of aromatic nitrogens is 4. The first kappa shape index (κ1) is 28.8. The molecular formula is C30H30F3N7O2. The molecule has 0 saturated heterocycles. The van der Waals surface area contributed by atoms with Gasteiger partial charge in [-0.25, -0.2) is 4.52 Å². The van der Waals surface area contributed by atoms with Gasteiger partial charge in [0.1, 0.15) is 0 Å². The fraction of sp³-hybridized carbons (Fsp3) is 0.300. The highest BCUT2D eigenvalue weighted by Gasteiger charge is 2.29. The second-order valence-corrected chi connectivity index (χ2v) is 10.2. The minimum Gasteiger partial charge on any atom is -0.344 e. The first-order chi connectivity index (χ1) is 20.1. The molecule has 4 heterocycles. The third kappa shape index (κ3) is 6.93. The topological polar surface area (TPSA) is 105 Å². The van der Waals surface area contributed by atoms with Gasteiger partial charge in [-0.2, -0.15) is 18.2 Å². The van der Waals surface area contributed by atoms with Crippen molar-refractivity contribution in [2.45, 2.75) is 45.3 Å². The Labute approximate surface area is 240 Å². The van der Waals surface area contributed by atoms with Crippen molar-refractivity contribution in [2.75, 3.05) is 18.4 Å². The van der Waals surface area contributed by atoms with E-state index in [0.29, 0.717) is 35.8 Å². The summed E-state index contributed by atoms with van der Waals surface area (Å²) in [6, 6.07) is 16.1. The first-order valence-electron chi connectivity index (χ1n) is 13.6. The standard InChI is InChI=1S/C30H30F3N7O2/c1-19-5-3-7-25(34-19)20(2)35-28(42)22-8-10-23(11-9-22)36-29-37-27-24(6-4-16-40(27)38-29)21-13-17-39(18-14-21)26(41)12-15-30(31,32)33/h3-11,13,16,20H,12,14-15,17-18H2,1-2H3,(H,35,42)(H,36,38). The SMILES string of the molecule is Cc1cccc(C(C)NC(=O)c2ccc(Nc3nc4c(C5=CCN(C(=O)CCC(F)(F)F)CC5)cccn4n3)cc2)n1. The molecule has 2 amide bonds. The van der Waals surface area contributed by atoms with Crippen LogP contribution in [0.4, 0.5) is 24.8 Å². The highest BCUT2D eigenvalue weighted by Crippen LogP contribution is 2.28. The van der Waals surface area contributed by atoms with Crippen molar-refractivity contribution in [1.29, 1.82) is 0 Å². The van der Waals surface area contributed by atoms with Gasteiger partial charge in [0.25, 0.3) is 5.91 Å². The van der Waals surface area contributed by atoms with E-state index in [-0.39, 0.29) is 18.5 Å². The average molecular weight is 578 g/mol. The van der Waals surface area contributed by atoms with Crippen LogP contribution in [0.25, 0.3) is 11.2 Å². The van der Waals surface area contributed by atoms with Crippen LogP contribution in [-0.2, 0) is 4.79 Å². The number of carbonyl (C=O) groups is 2. The maximum atomic E-state index is 12.8. The van der Waals surface area contributed by atoms with Gasteiger partial charge in [0, 0.05) is 48.2 Å². The summed E-state index contributed by atoms with van der Waals surface area (Å²) in [6.07, 6.45) is -1.89. The lowest BCUT2D eigenvalue weighted by atomic mass is 10.00. The van der Waals surface area contributed by atoms with Crippen LogP contribution in [-0.4, -0.2) is 55.6 Å². The van der Waals surface area contributed by atoms with Crippen molar-refractivity contribution in [2.24, 2.45) is 0 Å². The molecule has 2 N–H and O–H groups in total. The number of amides is 2. The van der Waals surface area contributed by atoms with Gasteiger partial charge in [0.15, 0.2) is 5.65 Å². The second-order valence-electron chi connectivity index (χ2n) is 10.2. The molecule has 12 heteroatoms. The van der Waals surface area contributed by atoms with Crippen LogP contribution in [0.15, 0.2) is 66.9 Å². The molecule has 3 aromatic heterocycles. The number of rotatable bonds is 8. The number of alkyl halides is 3. The van der Waals surface area contributed by atoms with E-state index in [0.717, 1.165) is 22.5 Å². The third-order valence-corrected chi connectivity index (χ3v) is 7.00. The number of nitrogens with zero attached hydrogens (tertiary/aromatic N) is 5. The molecule has 1 unspecified atom stereocenters. The summed E-state index contributed by atoms with van der Waals surface area (Å²) >= 11 is 0. The van der Waals surface area contributed by atoms with E-state index in [1.165, 1.54) is 4.90 Å². The van der Waals surface area contributed by atoms with Crippen LogP contribution in [0.2, 0.25) is 0 Å². The van der Waals surface area contributed by atoms with Crippen LogP contribution in [0.3, 0.4) is 0 Å². The summed E-state index contributed by atoms with van der Waals surface area (Å²) in [6.45, 7) is 4.37. The fourth-order valence-electron chi connectivity index (χ4n) is 4.75.